The molecule has 0 aromatic heterocycles. The Labute approximate surface area is 157 Å². The molecule has 1 saturated heterocycles. The zero-order chi connectivity index (χ0) is 18.7. The van der Waals surface area contributed by atoms with Crippen LogP contribution in [0.1, 0.15) is 24.0 Å². The fourth-order valence-corrected chi connectivity index (χ4v) is 3.09. The monoisotopic (exact) mass is 372 g/mol. The maximum atomic E-state index is 12.1. The molecular formula is C20H21ClN2O3. The van der Waals surface area contributed by atoms with Gasteiger partial charge in [0, 0.05) is 29.4 Å². The van der Waals surface area contributed by atoms with E-state index in [1.807, 2.05) is 38.1 Å². The van der Waals surface area contributed by atoms with Gasteiger partial charge >= 0.3 is 0 Å². The van der Waals surface area contributed by atoms with Gasteiger partial charge in [0.15, 0.2) is 6.61 Å². The van der Waals surface area contributed by atoms with E-state index in [0.717, 1.165) is 29.8 Å². The van der Waals surface area contributed by atoms with Crippen LogP contribution in [0, 0.1) is 13.8 Å². The summed E-state index contributed by atoms with van der Waals surface area (Å²) in [6.45, 7) is 4.45. The zero-order valence-corrected chi connectivity index (χ0v) is 15.6. The molecule has 1 N–H and O–H groups in total. The highest BCUT2D eigenvalue weighted by Crippen LogP contribution is 2.26. The van der Waals surface area contributed by atoms with Gasteiger partial charge in [-0.1, -0.05) is 11.6 Å². The molecule has 1 heterocycles. The molecule has 0 radical (unpaired) electrons. The van der Waals surface area contributed by atoms with Gasteiger partial charge in [-0.3, -0.25) is 9.59 Å². The van der Waals surface area contributed by atoms with Gasteiger partial charge in [-0.15, -0.1) is 0 Å². The van der Waals surface area contributed by atoms with E-state index in [0.29, 0.717) is 22.9 Å². The van der Waals surface area contributed by atoms with Gasteiger partial charge in [0.05, 0.1) is 0 Å². The Hall–Kier alpha value is -2.53. The zero-order valence-electron chi connectivity index (χ0n) is 14.8. The van der Waals surface area contributed by atoms with Crippen molar-refractivity contribution in [2.24, 2.45) is 0 Å². The van der Waals surface area contributed by atoms with Crippen molar-refractivity contribution in [2.75, 3.05) is 23.4 Å². The summed E-state index contributed by atoms with van der Waals surface area (Å²) in [7, 11) is 0. The van der Waals surface area contributed by atoms with Gasteiger partial charge < -0.3 is 15.0 Å². The quantitative estimate of drug-likeness (QED) is 0.859. The van der Waals surface area contributed by atoms with E-state index >= 15 is 0 Å². The molecule has 2 aromatic carbocycles. The van der Waals surface area contributed by atoms with Crippen molar-refractivity contribution in [3.05, 3.63) is 52.5 Å². The fraction of sp³-hybridized carbons (Fsp3) is 0.300. The summed E-state index contributed by atoms with van der Waals surface area (Å²) in [4.78, 5) is 25.6. The highest BCUT2D eigenvalue weighted by molar-refractivity contribution is 6.32. The summed E-state index contributed by atoms with van der Waals surface area (Å²) in [6.07, 6.45) is 1.48. The maximum Gasteiger partial charge on any atom is 0.262 e. The molecule has 2 amide bonds. The van der Waals surface area contributed by atoms with Gasteiger partial charge in [-0.25, -0.2) is 0 Å². The number of rotatable bonds is 5. The predicted octanol–water partition coefficient (Wildman–Crippen LogP) is 4.10. The second-order valence-electron chi connectivity index (χ2n) is 6.40. The Morgan fingerprint density at radius 3 is 2.42 bits per heavy atom. The van der Waals surface area contributed by atoms with E-state index < -0.39 is 0 Å². The normalized spacial score (nSPS) is 13.8. The third kappa shape index (κ3) is 4.17. The average molecular weight is 373 g/mol. The van der Waals surface area contributed by atoms with Crippen LogP contribution in [0.2, 0.25) is 5.02 Å². The number of hydrogen-bond donors (Lipinski definition) is 1. The number of nitrogens with zero attached hydrogens (tertiary/aromatic N) is 1. The molecule has 3 rings (SSSR count). The topological polar surface area (TPSA) is 58.6 Å². The van der Waals surface area contributed by atoms with E-state index in [-0.39, 0.29) is 18.4 Å². The first-order valence-electron chi connectivity index (χ1n) is 8.54. The summed E-state index contributed by atoms with van der Waals surface area (Å²) < 4.78 is 5.55. The molecule has 5 nitrogen and oxygen atoms in total. The van der Waals surface area contributed by atoms with Crippen molar-refractivity contribution in [1.29, 1.82) is 0 Å². The molecule has 136 valence electrons. The number of carbonyl (C=O) groups excluding carboxylic acids is 2. The van der Waals surface area contributed by atoms with Gasteiger partial charge in [-0.2, -0.15) is 0 Å². The summed E-state index contributed by atoms with van der Waals surface area (Å²) in [5, 5.41) is 3.50. The minimum Gasteiger partial charge on any atom is -0.484 e. The van der Waals surface area contributed by atoms with Crippen molar-refractivity contribution in [3.63, 3.8) is 0 Å². The minimum absolute atomic E-state index is 0.0904. The lowest BCUT2D eigenvalue weighted by Crippen LogP contribution is -2.23. The standard InChI is InChI=1S/C20H21ClN2O3/c1-13-10-17(11-14(2)20(13)21)26-12-18(24)22-15-5-7-16(8-6-15)23-9-3-4-19(23)25/h5-8,10-11H,3-4,9,12H2,1-2H3,(H,22,24). The van der Waals surface area contributed by atoms with Gasteiger partial charge in [0.1, 0.15) is 5.75 Å². The fourth-order valence-electron chi connectivity index (χ4n) is 2.98. The maximum absolute atomic E-state index is 12.1. The molecule has 6 heteroatoms. The molecule has 1 aliphatic rings. The first-order chi connectivity index (χ1) is 12.4. The molecule has 26 heavy (non-hydrogen) atoms. The van der Waals surface area contributed by atoms with Gasteiger partial charge in [-0.05, 0) is 67.8 Å². The first-order valence-corrected chi connectivity index (χ1v) is 8.91. The van der Waals surface area contributed by atoms with Crippen LogP contribution in [0.15, 0.2) is 36.4 Å². The largest absolute Gasteiger partial charge is 0.484 e. The third-order valence-electron chi connectivity index (χ3n) is 4.32. The Kier molecular flexibility index (Phi) is 5.47. The lowest BCUT2D eigenvalue weighted by Gasteiger charge is -2.16. The molecule has 0 saturated carbocycles. The first kappa shape index (κ1) is 18.3. The average Bonchev–Trinajstić information content (AvgIpc) is 3.04. The van der Waals surface area contributed by atoms with E-state index in [9.17, 15) is 9.59 Å². The van der Waals surface area contributed by atoms with Crippen LogP contribution in [0.5, 0.6) is 5.75 Å². The predicted molar refractivity (Wildman–Crippen MR) is 103 cm³/mol. The molecule has 1 aliphatic heterocycles. The highest BCUT2D eigenvalue weighted by atomic mass is 35.5. The second-order valence-corrected chi connectivity index (χ2v) is 6.78. The summed E-state index contributed by atoms with van der Waals surface area (Å²) in [5.74, 6) is 0.506. The Morgan fingerprint density at radius 2 is 1.85 bits per heavy atom. The SMILES string of the molecule is Cc1cc(OCC(=O)Nc2ccc(N3CCCC3=O)cc2)cc(C)c1Cl. The highest BCUT2D eigenvalue weighted by Gasteiger charge is 2.21. The molecule has 0 atom stereocenters. The number of carbonyl (C=O) groups is 2. The van der Waals surface area contributed by atoms with Crippen LogP contribution >= 0.6 is 11.6 Å². The number of amides is 2. The molecule has 0 spiro atoms. The number of hydrogen-bond acceptors (Lipinski definition) is 3. The minimum atomic E-state index is -0.250. The smallest absolute Gasteiger partial charge is 0.262 e. The number of halogens is 1. The molecule has 0 aliphatic carbocycles. The molecule has 0 bridgehead atoms. The Morgan fingerprint density at radius 1 is 1.19 bits per heavy atom. The van der Waals surface area contributed by atoms with Crippen LogP contribution in [0.3, 0.4) is 0 Å². The van der Waals surface area contributed by atoms with E-state index in [1.54, 1.807) is 17.0 Å². The second kappa shape index (κ2) is 7.79. The van der Waals surface area contributed by atoms with Crippen molar-refractivity contribution < 1.29 is 14.3 Å². The Bertz CT molecular complexity index is 810. The van der Waals surface area contributed by atoms with E-state index in [2.05, 4.69) is 5.32 Å². The summed E-state index contributed by atoms with van der Waals surface area (Å²) in [6, 6.07) is 10.9. The molecular weight excluding hydrogens is 352 g/mol. The molecule has 0 unspecified atom stereocenters. The van der Waals surface area contributed by atoms with E-state index in [4.69, 9.17) is 16.3 Å². The number of benzene rings is 2. The number of ether oxygens (including phenoxy) is 1. The Balaban J connectivity index is 1.56. The van der Waals surface area contributed by atoms with Crippen LogP contribution in [-0.2, 0) is 9.59 Å². The molecule has 2 aromatic rings. The molecule has 1 fully saturated rings. The van der Waals surface area contributed by atoms with Crippen LogP contribution < -0.4 is 15.0 Å². The van der Waals surface area contributed by atoms with Crippen molar-refractivity contribution in [1.82, 2.24) is 0 Å². The number of anilines is 2. The summed E-state index contributed by atoms with van der Waals surface area (Å²) in [5.41, 5.74) is 3.34. The van der Waals surface area contributed by atoms with E-state index in [1.165, 1.54) is 0 Å². The van der Waals surface area contributed by atoms with Crippen LogP contribution in [-0.4, -0.2) is 25.0 Å². The lowest BCUT2D eigenvalue weighted by atomic mass is 10.1. The van der Waals surface area contributed by atoms with Crippen LogP contribution in [0.25, 0.3) is 0 Å². The van der Waals surface area contributed by atoms with Crippen molar-refractivity contribution in [3.8, 4) is 5.75 Å². The van der Waals surface area contributed by atoms with Crippen molar-refractivity contribution >= 4 is 34.8 Å². The van der Waals surface area contributed by atoms with Crippen LogP contribution in [0.4, 0.5) is 11.4 Å². The van der Waals surface area contributed by atoms with Gasteiger partial charge in [0.25, 0.3) is 5.91 Å². The number of aryl methyl sites for hydroxylation is 2. The van der Waals surface area contributed by atoms with Crippen molar-refractivity contribution in [2.45, 2.75) is 26.7 Å². The third-order valence-corrected chi connectivity index (χ3v) is 4.91. The van der Waals surface area contributed by atoms with Gasteiger partial charge in [0.2, 0.25) is 5.91 Å². The number of nitrogens with one attached hydrogen (secondary N) is 1. The lowest BCUT2D eigenvalue weighted by molar-refractivity contribution is -0.118. The summed E-state index contributed by atoms with van der Waals surface area (Å²) >= 11 is 6.13.